The first-order valence-electron chi connectivity index (χ1n) is 6.27. The molecule has 0 saturated heterocycles. The summed E-state index contributed by atoms with van der Waals surface area (Å²) in [5, 5.41) is 3.56. The largest absolute Gasteiger partial charge is 0.380 e. The van der Waals surface area contributed by atoms with Crippen molar-refractivity contribution in [1.29, 1.82) is 0 Å². The van der Waals surface area contributed by atoms with Gasteiger partial charge in [0.05, 0.1) is 5.70 Å². The molecular formula is C15H16BrN. The fourth-order valence-corrected chi connectivity index (χ4v) is 3.39. The monoisotopic (exact) mass is 289 g/mol. The highest BCUT2D eigenvalue weighted by molar-refractivity contribution is 9.15. The van der Waals surface area contributed by atoms with Gasteiger partial charge in [0.2, 0.25) is 0 Å². The molecule has 1 aliphatic heterocycles. The van der Waals surface area contributed by atoms with Crippen LogP contribution in [0.15, 0.2) is 41.6 Å². The zero-order valence-corrected chi connectivity index (χ0v) is 11.4. The number of nitrogens with one attached hydrogen (secondary N) is 1. The van der Waals surface area contributed by atoms with E-state index in [2.05, 4.69) is 51.6 Å². The summed E-state index contributed by atoms with van der Waals surface area (Å²) in [6.45, 7) is 0.942. The summed E-state index contributed by atoms with van der Waals surface area (Å²) >= 11 is 3.77. The number of hydrogen-bond donors (Lipinski definition) is 1. The SMILES string of the molecule is BrC1=C(C2=CCCCC2)NCc2ccccc21. The van der Waals surface area contributed by atoms with Gasteiger partial charge >= 0.3 is 0 Å². The van der Waals surface area contributed by atoms with Crippen LogP contribution in [0.2, 0.25) is 0 Å². The van der Waals surface area contributed by atoms with Crippen LogP contribution >= 0.6 is 15.9 Å². The van der Waals surface area contributed by atoms with Gasteiger partial charge in [0.15, 0.2) is 0 Å². The van der Waals surface area contributed by atoms with Crippen molar-refractivity contribution in [2.45, 2.75) is 32.2 Å². The molecule has 1 heterocycles. The number of rotatable bonds is 1. The summed E-state index contributed by atoms with van der Waals surface area (Å²) in [6.07, 6.45) is 7.48. The van der Waals surface area contributed by atoms with E-state index >= 15 is 0 Å². The third kappa shape index (κ3) is 2.06. The standard InChI is InChI=1S/C15H16BrN/c16-14-13-9-5-4-8-12(13)10-17-15(14)11-6-2-1-3-7-11/h4-6,8-9,17H,1-3,7,10H2. The minimum Gasteiger partial charge on any atom is -0.380 e. The van der Waals surface area contributed by atoms with E-state index < -0.39 is 0 Å². The highest BCUT2D eigenvalue weighted by Crippen LogP contribution is 2.36. The van der Waals surface area contributed by atoms with Crippen LogP contribution in [0.4, 0.5) is 0 Å². The molecule has 1 aromatic carbocycles. The molecule has 1 nitrogen and oxygen atoms in total. The maximum atomic E-state index is 3.77. The average Bonchev–Trinajstić information content (AvgIpc) is 2.40. The third-order valence-electron chi connectivity index (χ3n) is 3.54. The van der Waals surface area contributed by atoms with E-state index in [1.54, 1.807) is 0 Å². The number of allylic oxidation sites excluding steroid dienone is 2. The fraction of sp³-hybridized carbons (Fsp3) is 0.333. The van der Waals surface area contributed by atoms with E-state index in [1.165, 1.54) is 52.6 Å². The summed E-state index contributed by atoms with van der Waals surface area (Å²) < 4.78 is 1.23. The van der Waals surface area contributed by atoms with Crippen LogP contribution in [0.25, 0.3) is 4.48 Å². The van der Waals surface area contributed by atoms with Crippen molar-refractivity contribution in [3.8, 4) is 0 Å². The molecule has 0 radical (unpaired) electrons. The van der Waals surface area contributed by atoms with Gasteiger partial charge in [-0.15, -0.1) is 0 Å². The van der Waals surface area contributed by atoms with Gasteiger partial charge in [0.1, 0.15) is 0 Å². The molecule has 0 aromatic heterocycles. The number of benzene rings is 1. The molecule has 0 saturated carbocycles. The van der Waals surface area contributed by atoms with Crippen LogP contribution in [0.5, 0.6) is 0 Å². The predicted octanol–water partition coefficient (Wildman–Crippen LogP) is 4.35. The Labute approximate surface area is 111 Å². The van der Waals surface area contributed by atoms with Gasteiger partial charge in [-0.3, -0.25) is 0 Å². The Morgan fingerprint density at radius 2 is 2.00 bits per heavy atom. The van der Waals surface area contributed by atoms with E-state index in [0.717, 1.165) is 6.54 Å². The van der Waals surface area contributed by atoms with Gasteiger partial charge in [-0.05, 0) is 58.3 Å². The zero-order chi connectivity index (χ0) is 11.7. The second kappa shape index (κ2) is 4.69. The smallest absolute Gasteiger partial charge is 0.0522 e. The third-order valence-corrected chi connectivity index (χ3v) is 4.36. The lowest BCUT2D eigenvalue weighted by molar-refractivity contribution is 0.684. The first-order valence-corrected chi connectivity index (χ1v) is 7.07. The molecule has 0 amide bonds. The summed E-state index contributed by atoms with van der Waals surface area (Å²) in [7, 11) is 0. The van der Waals surface area contributed by atoms with Crippen molar-refractivity contribution in [3.63, 3.8) is 0 Å². The second-order valence-electron chi connectivity index (χ2n) is 4.67. The number of halogens is 1. The van der Waals surface area contributed by atoms with E-state index in [4.69, 9.17) is 0 Å². The van der Waals surface area contributed by atoms with Gasteiger partial charge in [-0.25, -0.2) is 0 Å². The van der Waals surface area contributed by atoms with E-state index in [0.29, 0.717) is 0 Å². The molecule has 3 rings (SSSR count). The van der Waals surface area contributed by atoms with Crippen LogP contribution in [0.3, 0.4) is 0 Å². The second-order valence-corrected chi connectivity index (χ2v) is 5.47. The quantitative estimate of drug-likeness (QED) is 0.810. The average molecular weight is 290 g/mol. The highest BCUT2D eigenvalue weighted by atomic mass is 79.9. The lowest BCUT2D eigenvalue weighted by atomic mass is 9.93. The van der Waals surface area contributed by atoms with Crippen LogP contribution < -0.4 is 5.32 Å². The molecule has 0 atom stereocenters. The molecule has 88 valence electrons. The van der Waals surface area contributed by atoms with E-state index in [-0.39, 0.29) is 0 Å². The molecular weight excluding hydrogens is 274 g/mol. The molecule has 0 fully saturated rings. The Hall–Kier alpha value is -1.02. The fourth-order valence-electron chi connectivity index (χ4n) is 2.60. The maximum Gasteiger partial charge on any atom is 0.0522 e. The van der Waals surface area contributed by atoms with Gasteiger partial charge in [-0.1, -0.05) is 30.3 Å². The molecule has 1 N–H and O–H groups in total. The van der Waals surface area contributed by atoms with Crippen molar-refractivity contribution >= 4 is 20.4 Å². The lowest BCUT2D eigenvalue weighted by Gasteiger charge is -2.25. The summed E-state index contributed by atoms with van der Waals surface area (Å²) in [5.41, 5.74) is 5.51. The first kappa shape index (κ1) is 11.1. The summed E-state index contributed by atoms with van der Waals surface area (Å²) in [4.78, 5) is 0. The predicted molar refractivity (Wildman–Crippen MR) is 75.7 cm³/mol. The molecule has 17 heavy (non-hydrogen) atoms. The molecule has 1 aliphatic carbocycles. The Bertz CT molecular complexity index is 499. The molecule has 1 aromatic rings. The van der Waals surface area contributed by atoms with Crippen LogP contribution in [0.1, 0.15) is 36.8 Å². The van der Waals surface area contributed by atoms with Crippen molar-refractivity contribution in [3.05, 3.63) is 52.7 Å². The highest BCUT2D eigenvalue weighted by Gasteiger charge is 2.19. The van der Waals surface area contributed by atoms with Gasteiger partial charge < -0.3 is 5.32 Å². The minimum absolute atomic E-state index is 0.942. The molecule has 2 heteroatoms. The Kier molecular flexibility index (Phi) is 3.06. The Morgan fingerprint density at radius 1 is 1.12 bits per heavy atom. The topological polar surface area (TPSA) is 12.0 Å². The minimum atomic E-state index is 0.942. The molecule has 0 unspecified atom stereocenters. The summed E-state index contributed by atoms with van der Waals surface area (Å²) in [6, 6.07) is 8.60. The van der Waals surface area contributed by atoms with Crippen molar-refractivity contribution < 1.29 is 0 Å². The normalized spacial score (nSPS) is 19.5. The van der Waals surface area contributed by atoms with Crippen LogP contribution in [-0.2, 0) is 6.54 Å². The maximum absolute atomic E-state index is 3.77. The molecule has 2 aliphatic rings. The molecule has 0 bridgehead atoms. The Balaban J connectivity index is 2.04. The first-order chi connectivity index (χ1) is 8.36. The van der Waals surface area contributed by atoms with Gasteiger partial charge in [-0.2, -0.15) is 0 Å². The van der Waals surface area contributed by atoms with Gasteiger partial charge in [0, 0.05) is 11.0 Å². The van der Waals surface area contributed by atoms with E-state index in [1.807, 2.05) is 0 Å². The molecule has 0 spiro atoms. The number of fused-ring (bicyclic) bond motifs is 1. The lowest BCUT2D eigenvalue weighted by Crippen LogP contribution is -2.21. The number of hydrogen-bond acceptors (Lipinski definition) is 1. The zero-order valence-electron chi connectivity index (χ0n) is 9.80. The Morgan fingerprint density at radius 3 is 2.82 bits per heavy atom. The van der Waals surface area contributed by atoms with Crippen LogP contribution in [0, 0.1) is 0 Å². The van der Waals surface area contributed by atoms with Crippen molar-refractivity contribution in [2.75, 3.05) is 0 Å². The van der Waals surface area contributed by atoms with Crippen molar-refractivity contribution in [2.24, 2.45) is 0 Å². The summed E-state index contributed by atoms with van der Waals surface area (Å²) in [5.74, 6) is 0. The van der Waals surface area contributed by atoms with Crippen molar-refractivity contribution in [1.82, 2.24) is 5.32 Å². The van der Waals surface area contributed by atoms with Gasteiger partial charge in [0.25, 0.3) is 0 Å². The van der Waals surface area contributed by atoms with Crippen LogP contribution in [-0.4, -0.2) is 0 Å². The van der Waals surface area contributed by atoms with E-state index in [9.17, 15) is 0 Å².